The van der Waals surface area contributed by atoms with E-state index >= 15 is 0 Å². The second kappa shape index (κ2) is 7.20. The van der Waals surface area contributed by atoms with Gasteiger partial charge in [0.05, 0.1) is 12.7 Å². The molecule has 1 spiro atoms. The molecule has 1 saturated carbocycles. The summed E-state index contributed by atoms with van der Waals surface area (Å²) in [5, 5.41) is 0. The Hall–Kier alpha value is -0.200. The number of ether oxygens (including phenoxy) is 2. The quantitative estimate of drug-likeness (QED) is 0.750. The van der Waals surface area contributed by atoms with Crippen molar-refractivity contribution in [1.82, 2.24) is 14.7 Å². The number of piperidine rings is 1. The highest BCUT2D eigenvalue weighted by Crippen LogP contribution is 2.34. The Morgan fingerprint density at radius 3 is 2.33 bits per heavy atom. The maximum absolute atomic E-state index is 6.23. The molecule has 0 aromatic carbocycles. The lowest BCUT2D eigenvalue weighted by atomic mass is 9.81. The zero-order valence-corrected chi connectivity index (χ0v) is 15.6. The molecular weight excluding hydrogens is 302 g/mol. The van der Waals surface area contributed by atoms with E-state index in [1.165, 1.54) is 51.9 Å². The number of methoxy groups -OCH3 is 1. The van der Waals surface area contributed by atoms with E-state index in [-0.39, 0.29) is 5.60 Å². The predicted molar refractivity (Wildman–Crippen MR) is 95.3 cm³/mol. The molecule has 1 aliphatic carbocycles. The van der Waals surface area contributed by atoms with Crippen LogP contribution in [0.4, 0.5) is 0 Å². The normalized spacial score (nSPS) is 35.8. The molecule has 0 N–H and O–H groups in total. The summed E-state index contributed by atoms with van der Waals surface area (Å²) < 4.78 is 11.6. The molecule has 4 fully saturated rings. The molecule has 0 bridgehead atoms. The van der Waals surface area contributed by atoms with Crippen LogP contribution < -0.4 is 0 Å². The van der Waals surface area contributed by atoms with Crippen molar-refractivity contribution in [2.75, 3.05) is 73.1 Å². The van der Waals surface area contributed by atoms with Gasteiger partial charge in [-0.2, -0.15) is 0 Å². The van der Waals surface area contributed by atoms with Gasteiger partial charge in [-0.3, -0.25) is 9.80 Å². The van der Waals surface area contributed by atoms with Crippen LogP contribution in [-0.2, 0) is 9.47 Å². The first-order chi connectivity index (χ1) is 11.6. The third kappa shape index (κ3) is 3.80. The van der Waals surface area contributed by atoms with Gasteiger partial charge in [0.1, 0.15) is 5.60 Å². The number of nitrogens with zero attached hydrogens (tertiary/aromatic N) is 3. The van der Waals surface area contributed by atoms with Gasteiger partial charge in [0.25, 0.3) is 0 Å². The molecule has 0 aromatic heterocycles. The van der Waals surface area contributed by atoms with Gasteiger partial charge in [0.15, 0.2) is 0 Å². The maximum Gasteiger partial charge on any atom is 0.106 e. The summed E-state index contributed by atoms with van der Waals surface area (Å²) in [6.45, 7) is 10.6. The van der Waals surface area contributed by atoms with Crippen LogP contribution in [0.2, 0.25) is 0 Å². The van der Waals surface area contributed by atoms with Crippen molar-refractivity contribution in [2.24, 2.45) is 11.8 Å². The van der Waals surface area contributed by atoms with Crippen LogP contribution in [0.25, 0.3) is 0 Å². The lowest BCUT2D eigenvalue weighted by Crippen LogP contribution is -2.70. The molecule has 0 amide bonds. The molecule has 3 saturated heterocycles. The van der Waals surface area contributed by atoms with Crippen LogP contribution in [0.15, 0.2) is 0 Å². The fourth-order valence-electron chi connectivity index (χ4n) is 5.16. The Morgan fingerprint density at radius 2 is 1.62 bits per heavy atom. The first kappa shape index (κ1) is 17.2. The Morgan fingerprint density at radius 1 is 0.958 bits per heavy atom. The van der Waals surface area contributed by atoms with Gasteiger partial charge >= 0.3 is 0 Å². The lowest BCUT2D eigenvalue weighted by Gasteiger charge is -2.55. The first-order valence-corrected chi connectivity index (χ1v) is 9.94. The van der Waals surface area contributed by atoms with Crippen LogP contribution in [0, 0.1) is 11.8 Å². The van der Waals surface area contributed by atoms with Crippen molar-refractivity contribution >= 4 is 0 Å². The van der Waals surface area contributed by atoms with Crippen LogP contribution in [-0.4, -0.2) is 99.5 Å². The Balaban J connectivity index is 1.18. The Labute approximate surface area is 147 Å². The number of morpholine rings is 1. The molecule has 5 nitrogen and oxygen atoms in total. The topological polar surface area (TPSA) is 28.2 Å². The third-order valence-electron chi connectivity index (χ3n) is 6.75. The van der Waals surface area contributed by atoms with Crippen LogP contribution in [0.3, 0.4) is 0 Å². The van der Waals surface area contributed by atoms with E-state index in [1.807, 2.05) is 7.11 Å². The molecule has 24 heavy (non-hydrogen) atoms. The molecule has 3 aliphatic heterocycles. The Kier molecular flexibility index (Phi) is 5.17. The predicted octanol–water partition coefficient (Wildman–Crippen LogP) is 1.14. The summed E-state index contributed by atoms with van der Waals surface area (Å²) in [5.41, 5.74) is 0.147. The third-order valence-corrected chi connectivity index (χ3v) is 6.75. The van der Waals surface area contributed by atoms with Crippen molar-refractivity contribution < 1.29 is 9.47 Å². The van der Waals surface area contributed by atoms with Gasteiger partial charge < -0.3 is 14.4 Å². The molecule has 4 aliphatic rings. The summed E-state index contributed by atoms with van der Waals surface area (Å²) >= 11 is 0. The summed E-state index contributed by atoms with van der Waals surface area (Å²) in [6, 6.07) is 0. The van der Waals surface area contributed by atoms with Gasteiger partial charge in [0, 0.05) is 46.4 Å². The maximum atomic E-state index is 6.23. The van der Waals surface area contributed by atoms with E-state index in [2.05, 4.69) is 21.7 Å². The molecule has 4 rings (SSSR count). The minimum Gasteiger partial charge on any atom is -0.381 e. The molecule has 0 radical (unpaired) electrons. The fraction of sp³-hybridized carbons (Fsp3) is 1.00. The van der Waals surface area contributed by atoms with Gasteiger partial charge in [-0.15, -0.1) is 0 Å². The monoisotopic (exact) mass is 337 g/mol. The number of hydrogen-bond donors (Lipinski definition) is 0. The van der Waals surface area contributed by atoms with E-state index in [9.17, 15) is 0 Å². The Bertz CT molecular complexity index is 413. The van der Waals surface area contributed by atoms with E-state index in [0.29, 0.717) is 6.10 Å². The van der Waals surface area contributed by atoms with Crippen LogP contribution >= 0.6 is 0 Å². The largest absolute Gasteiger partial charge is 0.381 e. The highest BCUT2D eigenvalue weighted by molar-refractivity contribution is 5.02. The zero-order chi connectivity index (χ0) is 16.6. The molecule has 0 aromatic rings. The number of hydrogen-bond acceptors (Lipinski definition) is 5. The summed E-state index contributed by atoms with van der Waals surface area (Å²) in [5.74, 6) is 1.75. The van der Waals surface area contributed by atoms with Crippen molar-refractivity contribution in [3.8, 4) is 0 Å². The summed E-state index contributed by atoms with van der Waals surface area (Å²) in [6.07, 6.45) is 5.77. The molecule has 5 heteroatoms. The minimum absolute atomic E-state index is 0.147. The average molecular weight is 338 g/mol. The molecule has 0 atom stereocenters. The zero-order valence-electron chi connectivity index (χ0n) is 15.6. The van der Waals surface area contributed by atoms with E-state index in [4.69, 9.17) is 9.47 Å². The summed E-state index contributed by atoms with van der Waals surface area (Å²) in [7, 11) is 4.09. The second-order valence-corrected chi connectivity index (χ2v) is 8.88. The molecular formula is C19H35N3O2. The fourth-order valence-corrected chi connectivity index (χ4v) is 5.16. The van der Waals surface area contributed by atoms with Gasteiger partial charge in [-0.05, 0) is 57.7 Å². The van der Waals surface area contributed by atoms with E-state index in [0.717, 1.165) is 44.6 Å². The van der Waals surface area contributed by atoms with Crippen LogP contribution in [0.5, 0.6) is 0 Å². The smallest absolute Gasteiger partial charge is 0.106 e. The second-order valence-electron chi connectivity index (χ2n) is 8.88. The average Bonchev–Trinajstić information content (AvgIpc) is 2.51. The minimum atomic E-state index is 0.147. The number of rotatable bonds is 5. The number of likely N-dealkylation sites (tertiary alicyclic amines) is 2. The van der Waals surface area contributed by atoms with Crippen molar-refractivity contribution in [3.05, 3.63) is 0 Å². The first-order valence-electron chi connectivity index (χ1n) is 9.94. The molecule has 138 valence electrons. The van der Waals surface area contributed by atoms with Gasteiger partial charge in [-0.1, -0.05) is 0 Å². The van der Waals surface area contributed by atoms with Gasteiger partial charge in [0.2, 0.25) is 0 Å². The standard InChI is InChI=1S/C19H35N3O2/c1-20-5-3-16(4-6-20)11-22-14-19(15-22)13-21(7-8-24-19)12-17-9-18(10-17)23-2/h16-18H,3-15H2,1-2H3. The van der Waals surface area contributed by atoms with Crippen molar-refractivity contribution in [1.29, 1.82) is 0 Å². The highest BCUT2D eigenvalue weighted by Gasteiger charge is 2.48. The van der Waals surface area contributed by atoms with Crippen molar-refractivity contribution in [3.63, 3.8) is 0 Å². The lowest BCUT2D eigenvalue weighted by molar-refractivity contribution is -0.189. The molecule has 0 unspecified atom stereocenters. The van der Waals surface area contributed by atoms with Gasteiger partial charge in [-0.25, -0.2) is 0 Å². The van der Waals surface area contributed by atoms with E-state index < -0.39 is 0 Å². The van der Waals surface area contributed by atoms with Crippen molar-refractivity contribution in [2.45, 2.75) is 37.4 Å². The SMILES string of the molecule is COC1CC(CN2CCOC3(C2)CN(CC2CCN(C)CC2)C3)C1. The summed E-state index contributed by atoms with van der Waals surface area (Å²) in [4.78, 5) is 7.77. The highest BCUT2D eigenvalue weighted by atomic mass is 16.5. The van der Waals surface area contributed by atoms with E-state index in [1.54, 1.807) is 0 Å². The van der Waals surface area contributed by atoms with Crippen LogP contribution in [0.1, 0.15) is 25.7 Å². The molecule has 3 heterocycles.